The third kappa shape index (κ3) is 4.38. The maximum atomic E-state index is 13.4. The number of nitrogens with zero attached hydrogens (tertiary/aromatic N) is 1. The Bertz CT molecular complexity index is 1270. The fraction of sp³-hybridized carbons (Fsp3) is 0.136. The molecule has 0 radical (unpaired) electrons. The van der Waals surface area contributed by atoms with Crippen molar-refractivity contribution in [2.24, 2.45) is 7.05 Å². The van der Waals surface area contributed by atoms with Crippen LogP contribution in [0.15, 0.2) is 36.4 Å². The molecule has 1 aromatic heterocycles. The number of hydrogen-bond acceptors (Lipinski definition) is 3. The fourth-order valence-electron chi connectivity index (χ4n) is 3.27. The Morgan fingerprint density at radius 3 is 2.06 bits per heavy atom. The van der Waals surface area contributed by atoms with E-state index in [4.69, 9.17) is 11.6 Å². The molecule has 32 heavy (non-hydrogen) atoms. The predicted octanol–water partition coefficient (Wildman–Crippen LogP) is 4.79. The van der Waals surface area contributed by atoms with E-state index >= 15 is 0 Å². The number of halogens is 4. The zero-order valence-corrected chi connectivity index (χ0v) is 17.9. The Morgan fingerprint density at radius 1 is 0.875 bits per heavy atom. The van der Waals surface area contributed by atoms with Crippen LogP contribution in [0.4, 0.5) is 24.5 Å². The van der Waals surface area contributed by atoms with Crippen LogP contribution >= 0.6 is 11.6 Å². The largest absolute Gasteiger partial charge is 0.344 e. The number of carbonyl (C=O) groups is 3. The summed E-state index contributed by atoms with van der Waals surface area (Å²) in [5.41, 5.74) is 0.880. The second-order valence-electron chi connectivity index (χ2n) is 6.99. The third-order valence-corrected chi connectivity index (χ3v) is 5.22. The van der Waals surface area contributed by atoms with E-state index in [2.05, 4.69) is 10.6 Å². The third-order valence-electron chi connectivity index (χ3n) is 4.93. The van der Waals surface area contributed by atoms with Gasteiger partial charge in [-0.15, -0.1) is 0 Å². The highest BCUT2D eigenvalue weighted by atomic mass is 35.5. The molecule has 0 bridgehead atoms. The first-order valence-electron chi connectivity index (χ1n) is 9.24. The molecule has 2 aromatic carbocycles. The molecule has 0 aliphatic heterocycles. The van der Waals surface area contributed by atoms with Gasteiger partial charge in [0.1, 0.15) is 5.82 Å². The van der Waals surface area contributed by atoms with Crippen LogP contribution in [0.1, 0.15) is 32.1 Å². The number of hydrogen-bond donors (Lipinski definition) is 2. The Morgan fingerprint density at radius 2 is 1.47 bits per heavy atom. The first-order chi connectivity index (χ1) is 15.0. The van der Waals surface area contributed by atoms with E-state index in [0.29, 0.717) is 5.69 Å². The zero-order valence-electron chi connectivity index (χ0n) is 17.1. The van der Waals surface area contributed by atoms with E-state index in [9.17, 15) is 27.6 Å². The van der Waals surface area contributed by atoms with Gasteiger partial charge in [-0.3, -0.25) is 14.4 Å². The van der Waals surface area contributed by atoms with Crippen molar-refractivity contribution in [2.45, 2.75) is 13.8 Å². The number of carbonyl (C=O) groups excluding carboxylic acids is 3. The molecule has 0 spiro atoms. The van der Waals surface area contributed by atoms with Gasteiger partial charge in [-0.1, -0.05) is 11.6 Å². The molecule has 0 aliphatic carbocycles. The fourth-order valence-corrected chi connectivity index (χ4v) is 3.45. The summed E-state index contributed by atoms with van der Waals surface area (Å²) in [6.07, 6.45) is 0. The zero-order chi connectivity index (χ0) is 23.7. The Balaban J connectivity index is 1.87. The molecule has 166 valence electrons. The summed E-state index contributed by atoms with van der Waals surface area (Å²) in [6, 6.07) is 6.34. The van der Waals surface area contributed by atoms with Crippen molar-refractivity contribution in [1.82, 2.24) is 4.57 Å². The number of amides is 2. The summed E-state index contributed by atoms with van der Waals surface area (Å²) in [7, 11) is 1.51. The molecule has 0 saturated heterocycles. The molecule has 0 saturated carbocycles. The molecule has 0 aliphatic rings. The normalized spacial score (nSPS) is 10.7. The van der Waals surface area contributed by atoms with E-state index < -0.39 is 35.0 Å². The number of ketones is 1. The van der Waals surface area contributed by atoms with Crippen molar-refractivity contribution < 1.29 is 27.6 Å². The minimum Gasteiger partial charge on any atom is -0.344 e. The smallest absolute Gasteiger partial charge is 0.298 e. The number of benzene rings is 2. The highest BCUT2D eigenvalue weighted by Gasteiger charge is 2.28. The average molecular weight is 464 g/mol. The van der Waals surface area contributed by atoms with Crippen LogP contribution in [-0.2, 0) is 11.8 Å². The van der Waals surface area contributed by atoms with Crippen molar-refractivity contribution in [2.75, 3.05) is 10.6 Å². The minimum absolute atomic E-state index is 0.0510. The lowest BCUT2D eigenvalue weighted by atomic mass is 10.1. The van der Waals surface area contributed by atoms with Crippen LogP contribution in [0, 0.1) is 31.3 Å². The monoisotopic (exact) mass is 463 g/mol. The maximum Gasteiger partial charge on any atom is 0.298 e. The van der Waals surface area contributed by atoms with Gasteiger partial charge < -0.3 is 15.2 Å². The van der Waals surface area contributed by atoms with Gasteiger partial charge in [0.05, 0.1) is 16.3 Å². The number of anilines is 2. The Labute approximate surface area is 186 Å². The minimum atomic E-state index is -1.18. The SMILES string of the molecule is Cc1c(C(=O)Nc2ccc(F)c(Cl)c2)c(C)n(C)c1C(=O)C(=O)Nc1ccc(F)c(F)c1. The van der Waals surface area contributed by atoms with Crippen LogP contribution in [0.2, 0.25) is 5.02 Å². The maximum absolute atomic E-state index is 13.4. The van der Waals surface area contributed by atoms with E-state index in [1.54, 1.807) is 6.92 Å². The molecule has 10 heteroatoms. The summed E-state index contributed by atoms with van der Waals surface area (Å²) in [4.78, 5) is 38.0. The quantitative estimate of drug-likeness (QED) is 0.422. The second-order valence-corrected chi connectivity index (χ2v) is 7.40. The molecule has 3 rings (SSSR count). The molecule has 2 N–H and O–H groups in total. The van der Waals surface area contributed by atoms with Gasteiger partial charge in [-0.25, -0.2) is 13.2 Å². The van der Waals surface area contributed by atoms with Crippen molar-refractivity contribution >= 4 is 40.6 Å². The van der Waals surface area contributed by atoms with E-state index in [1.807, 2.05) is 0 Å². The highest BCUT2D eigenvalue weighted by molar-refractivity contribution is 6.46. The van der Waals surface area contributed by atoms with Crippen LogP contribution in [0.5, 0.6) is 0 Å². The summed E-state index contributed by atoms with van der Waals surface area (Å²) < 4.78 is 41.2. The number of nitrogens with one attached hydrogen (secondary N) is 2. The van der Waals surface area contributed by atoms with E-state index in [1.165, 1.54) is 30.7 Å². The second kappa shape index (κ2) is 8.88. The topological polar surface area (TPSA) is 80.2 Å². The molecule has 0 unspecified atom stereocenters. The van der Waals surface area contributed by atoms with Crippen molar-refractivity contribution in [3.05, 3.63) is 81.4 Å². The van der Waals surface area contributed by atoms with Gasteiger partial charge in [0.15, 0.2) is 11.6 Å². The van der Waals surface area contributed by atoms with E-state index in [-0.39, 0.29) is 33.2 Å². The Hall–Kier alpha value is -3.59. The van der Waals surface area contributed by atoms with Gasteiger partial charge in [0.2, 0.25) is 0 Å². The Kier molecular flexibility index (Phi) is 6.40. The van der Waals surface area contributed by atoms with Gasteiger partial charge in [-0.05, 0) is 49.7 Å². The van der Waals surface area contributed by atoms with Crippen LogP contribution in [-0.4, -0.2) is 22.2 Å². The lowest BCUT2D eigenvalue weighted by Crippen LogP contribution is -2.25. The first-order valence-corrected chi connectivity index (χ1v) is 9.62. The highest BCUT2D eigenvalue weighted by Crippen LogP contribution is 2.25. The molecule has 3 aromatic rings. The van der Waals surface area contributed by atoms with Gasteiger partial charge in [0.25, 0.3) is 17.6 Å². The number of rotatable bonds is 5. The summed E-state index contributed by atoms with van der Waals surface area (Å²) in [6.45, 7) is 3.08. The molecular weight excluding hydrogens is 447 g/mol. The van der Waals surface area contributed by atoms with Crippen molar-refractivity contribution in [3.8, 4) is 0 Å². The summed E-state index contributed by atoms with van der Waals surface area (Å²) in [5.74, 6) is -5.56. The van der Waals surface area contributed by atoms with Crippen molar-refractivity contribution in [1.29, 1.82) is 0 Å². The van der Waals surface area contributed by atoms with Gasteiger partial charge >= 0.3 is 0 Å². The van der Waals surface area contributed by atoms with Gasteiger partial charge in [0, 0.05) is 30.2 Å². The van der Waals surface area contributed by atoms with Crippen molar-refractivity contribution in [3.63, 3.8) is 0 Å². The lowest BCUT2D eigenvalue weighted by molar-refractivity contribution is -0.112. The molecule has 0 fully saturated rings. The van der Waals surface area contributed by atoms with E-state index in [0.717, 1.165) is 24.3 Å². The molecular formula is C22H17ClF3N3O3. The average Bonchev–Trinajstić information content (AvgIpc) is 2.95. The van der Waals surface area contributed by atoms with Crippen LogP contribution in [0.3, 0.4) is 0 Å². The molecule has 0 atom stereocenters. The summed E-state index contributed by atoms with van der Waals surface area (Å²) in [5, 5.41) is 4.62. The van der Waals surface area contributed by atoms with Gasteiger partial charge in [-0.2, -0.15) is 0 Å². The predicted molar refractivity (Wildman–Crippen MR) is 114 cm³/mol. The molecule has 1 heterocycles. The standard InChI is InChI=1S/C22H17ClF3N3O3/c1-10-18(21(31)27-12-4-6-15(24)14(23)8-12)11(2)29(3)19(10)20(30)22(32)28-13-5-7-16(25)17(26)9-13/h4-9H,1-3H3,(H,27,31)(H,28,32). The van der Waals surface area contributed by atoms with Crippen LogP contribution in [0.25, 0.3) is 0 Å². The molecule has 2 amide bonds. The summed E-state index contributed by atoms with van der Waals surface area (Å²) >= 11 is 5.73. The molecule has 6 nitrogen and oxygen atoms in total. The number of Topliss-reactive ketones (excluding diaryl/α,β-unsaturated/α-hetero) is 1. The first kappa shape index (κ1) is 23.1. The number of aromatic nitrogens is 1. The lowest BCUT2D eigenvalue weighted by Gasteiger charge is -2.07. The van der Waals surface area contributed by atoms with Crippen LogP contribution < -0.4 is 10.6 Å².